The highest BCUT2D eigenvalue weighted by Crippen LogP contribution is 2.35. The smallest absolute Gasteiger partial charge is 0.330 e. The van der Waals surface area contributed by atoms with Crippen molar-refractivity contribution in [2.75, 3.05) is 0 Å². The second-order valence-corrected chi connectivity index (χ2v) is 5.15. The first-order valence-electron chi connectivity index (χ1n) is 6.83. The first-order chi connectivity index (χ1) is 10.2. The molecule has 0 heterocycles. The van der Waals surface area contributed by atoms with E-state index >= 15 is 0 Å². The summed E-state index contributed by atoms with van der Waals surface area (Å²) in [6.45, 7) is 0. The molecule has 0 fully saturated rings. The third-order valence-corrected chi connectivity index (χ3v) is 3.84. The number of carbonyl (C=O) groups excluding carboxylic acids is 1. The molecule has 2 aromatic rings. The molecule has 1 amide bonds. The average molecular weight is 281 g/mol. The molecule has 0 aliphatic heterocycles. The maximum absolute atomic E-state index is 12.3. The number of carbonyl (C=O) groups is 2. The summed E-state index contributed by atoms with van der Waals surface area (Å²) in [4.78, 5) is 23.7. The minimum Gasteiger partial charge on any atom is -0.479 e. The van der Waals surface area contributed by atoms with E-state index in [9.17, 15) is 14.7 Å². The molecule has 0 saturated heterocycles. The molecule has 2 atom stereocenters. The topological polar surface area (TPSA) is 66.4 Å². The molecular formula is C17H15NO3. The molecule has 1 aliphatic carbocycles. The van der Waals surface area contributed by atoms with Crippen LogP contribution in [0.25, 0.3) is 0 Å². The van der Waals surface area contributed by atoms with Crippen LogP contribution in [0.2, 0.25) is 0 Å². The van der Waals surface area contributed by atoms with E-state index in [1.165, 1.54) is 0 Å². The lowest BCUT2D eigenvalue weighted by atomic mass is 9.77. The van der Waals surface area contributed by atoms with E-state index in [4.69, 9.17) is 0 Å². The van der Waals surface area contributed by atoms with Crippen LogP contribution >= 0.6 is 0 Å². The number of carboxylic acid groups (broad SMARTS) is 1. The van der Waals surface area contributed by atoms with Crippen molar-refractivity contribution in [2.45, 2.75) is 18.4 Å². The highest BCUT2D eigenvalue weighted by atomic mass is 16.4. The zero-order valence-electron chi connectivity index (χ0n) is 11.3. The van der Waals surface area contributed by atoms with Crippen molar-refractivity contribution in [3.63, 3.8) is 0 Å². The Morgan fingerprint density at radius 3 is 2.38 bits per heavy atom. The van der Waals surface area contributed by atoms with Gasteiger partial charge in [0.2, 0.25) is 5.91 Å². The van der Waals surface area contributed by atoms with Gasteiger partial charge in [-0.05, 0) is 23.1 Å². The number of aliphatic carboxylic acids is 1. The molecule has 2 aromatic carbocycles. The van der Waals surface area contributed by atoms with Gasteiger partial charge in [-0.15, -0.1) is 0 Å². The molecule has 2 N–H and O–H groups in total. The third kappa shape index (κ3) is 2.52. The number of nitrogens with one attached hydrogen (secondary N) is 1. The summed E-state index contributed by atoms with van der Waals surface area (Å²) in [5.74, 6) is -1.53. The van der Waals surface area contributed by atoms with Crippen LogP contribution in [0, 0.1) is 0 Å². The maximum atomic E-state index is 12.3. The van der Waals surface area contributed by atoms with Crippen LogP contribution in [0.3, 0.4) is 0 Å². The van der Waals surface area contributed by atoms with Crippen LogP contribution < -0.4 is 5.32 Å². The van der Waals surface area contributed by atoms with E-state index in [-0.39, 0.29) is 11.8 Å². The van der Waals surface area contributed by atoms with E-state index < -0.39 is 12.0 Å². The standard InChI is InChI=1S/C17H15NO3/c19-16(14-10-12-8-4-5-9-13(12)14)18-15(17(20)21)11-6-2-1-3-7-11/h1-9,14-15H,10H2,(H,18,19)(H,20,21)/t14?,15-/m0/s1. The SMILES string of the molecule is O=C(N[C@H](C(=O)O)c1ccccc1)C1Cc2ccccc21. The van der Waals surface area contributed by atoms with Crippen molar-refractivity contribution in [1.29, 1.82) is 0 Å². The van der Waals surface area contributed by atoms with E-state index in [1.54, 1.807) is 24.3 Å². The number of amides is 1. The summed E-state index contributed by atoms with van der Waals surface area (Å²) in [5, 5.41) is 12.0. The van der Waals surface area contributed by atoms with Crippen molar-refractivity contribution in [2.24, 2.45) is 0 Å². The molecular weight excluding hydrogens is 266 g/mol. The minimum atomic E-state index is -1.05. The third-order valence-electron chi connectivity index (χ3n) is 3.84. The van der Waals surface area contributed by atoms with Gasteiger partial charge in [-0.3, -0.25) is 4.79 Å². The van der Waals surface area contributed by atoms with E-state index in [0.717, 1.165) is 11.1 Å². The first-order valence-corrected chi connectivity index (χ1v) is 6.83. The molecule has 106 valence electrons. The van der Waals surface area contributed by atoms with Crippen molar-refractivity contribution in [3.05, 3.63) is 71.3 Å². The molecule has 0 saturated carbocycles. The Morgan fingerprint density at radius 2 is 1.71 bits per heavy atom. The van der Waals surface area contributed by atoms with Crippen molar-refractivity contribution in [1.82, 2.24) is 5.32 Å². The fourth-order valence-electron chi connectivity index (χ4n) is 2.67. The van der Waals surface area contributed by atoms with Crippen molar-refractivity contribution >= 4 is 11.9 Å². The lowest BCUT2D eigenvalue weighted by Crippen LogP contribution is -2.40. The summed E-state index contributed by atoms with van der Waals surface area (Å²) >= 11 is 0. The van der Waals surface area contributed by atoms with Gasteiger partial charge in [-0.2, -0.15) is 0 Å². The van der Waals surface area contributed by atoms with Gasteiger partial charge < -0.3 is 10.4 Å². The van der Waals surface area contributed by atoms with Gasteiger partial charge in [0.1, 0.15) is 0 Å². The molecule has 4 heteroatoms. The zero-order chi connectivity index (χ0) is 14.8. The Balaban J connectivity index is 1.76. The summed E-state index contributed by atoms with van der Waals surface area (Å²) in [7, 11) is 0. The fraction of sp³-hybridized carbons (Fsp3) is 0.176. The van der Waals surface area contributed by atoms with Gasteiger partial charge in [0.15, 0.2) is 6.04 Å². The summed E-state index contributed by atoms with van der Waals surface area (Å²) in [6.07, 6.45) is 0.670. The maximum Gasteiger partial charge on any atom is 0.330 e. The number of hydrogen-bond acceptors (Lipinski definition) is 2. The predicted molar refractivity (Wildman–Crippen MR) is 77.8 cm³/mol. The lowest BCUT2D eigenvalue weighted by molar-refractivity contribution is -0.142. The molecule has 0 aromatic heterocycles. The number of rotatable bonds is 4. The van der Waals surface area contributed by atoms with Gasteiger partial charge in [-0.1, -0.05) is 54.6 Å². The Hall–Kier alpha value is -2.62. The molecule has 0 radical (unpaired) electrons. The second kappa shape index (κ2) is 5.40. The summed E-state index contributed by atoms with van der Waals surface area (Å²) < 4.78 is 0. The summed E-state index contributed by atoms with van der Waals surface area (Å²) in [5.41, 5.74) is 2.72. The molecule has 3 rings (SSSR count). The molecule has 1 aliphatic rings. The average Bonchev–Trinajstić information content (AvgIpc) is 2.46. The number of hydrogen-bond donors (Lipinski definition) is 2. The van der Waals surface area contributed by atoms with Crippen molar-refractivity contribution in [3.8, 4) is 0 Å². The molecule has 0 spiro atoms. The van der Waals surface area contributed by atoms with E-state index in [1.807, 2.05) is 30.3 Å². The predicted octanol–water partition coefficient (Wildman–Crippen LogP) is 2.27. The Kier molecular flexibility index (Phi) is 3.44. The van der Waals surface area contributed by atoms with E-state index in [2.05, 4.69) is 5.32 Å². The van der Waals surface area contributed by atoms with Gasteiger partial charge >= 0.3 is 5.97 Å². The van der Waals surface area contributed by atoms with Crippen LogP contribution in [0.4, 0.5) is 0 Å². The highest BCUT2D eigenvalue weighted by molar-refractivity contribution is 5.90. The van der Waals surface area contributed by atoms with Crippen LogP contribution in [0.5, 0.6) is 0 Å². The zero-order valence-corrected chi connectivity index (χ0v) is 11.3. The number of fused-ring (bicyclic) bond motifs is 1. The lowest BCUT2D eigenvalue weighted by Gasteiger charge is -2.30. The van der Waals surface area contributed by atoms with Crippen LogP contribution in [-0.4, -0.2) is 17.0 Å². The first kappa shape index (κ1) is 13.4. The van der Waals surface area contributed by atoms with Crippen LogP contribution in [0.1, 0.15) is 28.7 Å². The van der Waals surface area contributed by atoms with Gasteiger partial charge in [0, 0.05) is 0 Å². The molecule has 0 bridgehead atoms. The van der Waals surface area contributed by atoms with Gasteiger partial charge in [-0.25, -0.2) is 4.79 Å². The van der Waals surface area contributed by atoms with Gasteiger partial charge in [0.25, 0.3) is 0 Å². The Bertz CT molecular complexity index is 681. The van der Waals surface area contributed by atoms with Gasteiger partial charge in [0.05, 0.1) is 5.92 Å². The van der Waals surface area contributed by atoms with E-state index in [0.29, 0.717) is 12.0 Å². The molecule has 1 unspecified atom stereocenters. The minimum absolute atomic E-state index is 0.232. The highest BCUT2D eigenvalue weighted by Gasteiger charge is 2.34. The normalized spacial score (nSPS) is 17.2. The largest absolute Gasteiger partial charge is 0.479 e. The Labute approximate surface area is 122 Å². The van der Waals surface area contributed by atoms with Crippen LogP contribution in [0.15, 0.2) is 54.6 Å². The Morgan fingerprint density at radius 1 is 1.05 bits per heavy atom. The second-order valence-electron chi connectivity index (χ2n) is 5.15. The molecule has 21 heavy (non-hydrogen) atoms. The van der Waals surface area contributed by atoms with Crippen molar-refractivity contribution < 1.29 is 14.7 Å². The quantitative estimate of drug-likeness (QED) is 0.903. The number of benzene rings is 2. The van der Waals surface area contributed by atoms with Crippen LogP contribution in [-0.2, 0) is 16.0 Å². The monoisotopic (exact) mass is 281 g/mol. The fourth-order valence-corrected chi connectivity index (χ4v) is 2.67. The summed E-state index contributed by atoms with van der Waals surface area (Å²) in [6, 6.07) is 15.5. The number of carboxylic acids is 1. The molecule has 4 nitrogen and oxygen atoms in total.